The minimum Gasteiger partial charge on any atom is -0.497 e. The molecular weight excluding hydrogens is 254 g/mol. The molecule has 0 aliphatic heterocycles. The maximum absolute atomic E-state index is 10.7. The number of hydrogen-bond donors (Lipinski definition) is 1. The molecule has 4 heteroatoms. The number of rotatable bonds is 6. The third kappa shape index (κ3) is 3.14. The molecule has 1 aliphatic carbocycles. The summed E-state index contributed by atoms with van der Waals surface area (Å²) in [6.45, 7) is 4.62. The Hall–Kier alpha value is -1.10. The first kappa shape index (κ1) is 15.3. The Morgan fingerprint density at radius 1 is 1.35 bits per heavy atom. The molecule has 1 N–H and O–H groups in total. The Kier molecular flexibility index (Phi) is 5.40. The van der Waals surface area contributed by atoms with Gasteiger partial charge >= 0.3 is 0 Å². The van der Waals surface area contributed by atoms with Crippen molar-refractivity contribution in [3.05, 3.63) is 29.3 Å². The number of aliphatic hydroxyl groups excluding tert-OH is 1. The lowest BCUT2D eigenvalue weighted by Gasteiger charge is -2.38. The van der Waals surface area contributed by atoms with Crippen LogP contribution in [0, 0.1) is 0 Å². The first-order chi connectivity index (χ1) is 9.71. The van der Waals surface area contributed by atoms with Crippen molar-refractivity contribution < 1.29 is 14.6 Å². The monoisotopic (exact) mass is 279 g/mol. The molecule has 0 aromatic heterocycles. The van der Waals surface area contributed by atoms with Crippen molar-refractivity contribution in [3.63, 3.8) is 0 Å². The summed E-state index contributed by atoms with van der Waals surface area (Å²) in [5.74, 6) is 0.862. The average molecular weight is 279 g/mol. The highest BCUT2D eigenvalue weighted by atomic mass is 16.5. The van der Waals surface area contributed by atoms with Crippen molar-refractivity contribution in [3.8, 4) is 5.75 Å². The van der Waals surface area contributed by atoms with Crippen LogP contribution in [0.25, 0.3) is 0 Å². The Morgan fingerprint density at radius 2 is 2.15 bits per heavy atom. The predicted molar refractivity (Wildman–Crippen MR) is 79.2 cm³/mol. The van der Waals surface area contributed by atoms with Gasteiger partial charge in [0.15, 0.2) is 0 Å². The minimum absolute atomic E-state index is 0.177. The zero-order chi connectivity index (χ0) is 14.5. The van der Waals surface area contributed by atoms with E-state index in [2.05, 4.69) is 11.8 Å². The summed E-state index contributed by atoms with van der Waals surface area (Å²) in [7, 11) is 3.39. The van der Waals surface area contributed by atoms with Crippen molar-refractivity contribution in [2.75, 3.05) is 33.9 Å². The van der Waals surface area contributed by atoms with Gasteiger partial charge in [0.1, 0.15) is 5.75 Å². The standard InChI is InChI=1S/C16H25NO3/c1-4-17(9-10-19-2)15-8-5-12-11-13(20-3)6-7-14(12)16(15)18/h6-7,11,15-16,18H,4-5,8-10H2,1-3H3. The fourth-order valence-electron chi connectivity index (χ4n) is 3.03. The van der Waals surface area contributed by atoms with Crippen molar-refractivity contribution >= 4 is 0 Å². The van der Waals surface area contributed by atoms with Crippen LogP contribution in [-0.2, 0) is 11.2 Å². The molecule has 0 bridgehead atoms. The number of fused-ring (bicyclic) bond motifs is 1. The summed E-state index contributed by atoms with van der Waals surface area (Å²) in [6.07, 6.45) is 1.53. The first-order valence-corrected chi connectivity index (χ1v) is 7.29. The number of aliphatic hydroxyl groups is 1. The average Bonchev–Trinajstić information content (AvgIpc) is 2.49. The van der Waals surface area contributed by atoms with E-state index in [1.165, 1.54) is 5.56 Å². The van der Waals surface area contributed by atoms with Crippen molar-refractivity contribution in [1.82, 2.24) is 4.90 Å². The largest absolute Gasteiger partial charge is 0.497 e. The predicted octanol–water partition coefficient (Wildman–Crippen LogP) is 2.01. The maximum atomic E-state index is 10.7. The second-order valence-corrected chi connectivity index (χ2v) is 5.24. The van der Waals surface area contributed by atoms with Crippen molar-refractivity contribution in [2.24, 2.45) is 0 Å². The van der Waals surface area contributed by atoms with Gasteiger partial charge in [-0.25, -0.2) is 0 Å². The Morgan fingerprint density at radius 3 is 2.80 bits per heavy atom. The molecule has 1 aromatic carbocycles. The van der Waals surface area contributed by atoms with Crippen molar-refractivity contribution in [2.45, 2.75) is 31.9 Å². The molecule has 0 saturated carbocycles. The number of aryl methyl sites for hydroxylation is 1. The first-order valence-electron chi connectivity index (χ1n) is 7.29. The van der Waals surface area contributed by atoms with E-state index in [9.17, 15) is 5.11 Å². The van der Waals surface area contributed by atoms with Gasteiger partial charge in [-0.3, -0.25) is 4.90 Å². The molecule has 2 unspecified atom stereocenters. The molecular formula is C16H25NO3. The minimum atomic E-state index is -0.429. The summed E-state index contributed by atoms with van der Waals surface area (Å²) in [6, 6.07) is 6.14. The Balaban J connectivity index is 2.15. The van der Waals surface area contributed by atoms with E-state index in [0.717, 1.165) is 37.2 Å². The second kappa shape index (κ2) is 7.07. The van der Waals surface area contributed by atoms with Crippen molar-refractivity contribution in [1.29, 1.82) is 0 Å². The van der Waals surface area contributed by atoms with Gasteiger partial charge in [0, 0.05) is 19.7 Å². The SMILES string of the molecule is CCN(CCOC)C1CCc2cc(OC)ccc2C1O. The molecule has 2 atom stereocenters. The van der Waals surface area contributed by atoms with Gasteiger partial charge in [-0.05, 0) is 42.6 Å². The Bertz CT molecular complexity index is 436. The second-order valence-electron chi connectivity index (χ2n) is 5.24. The van der Waals surface area contributed by atoms with Crippen LogP contribution in [0.15, 0.2) is 18.2 Å². The molecule has 1 aromatic rings. The fraction of sp³-hybridized carbons (Fsp3) is 0.625. The van der Waals surface area contributed by atoms with Crippen LogP contribution in [0.1, 0.15) is 30.6 Å². The normalized spacial score (nSPS) is 21.9. The zero-order valence-corrected chi connectivity index (χ0v) is 12.6. The Labute approximate surface area is 121 Å². The summed E-state index contributed by atoms with van der Waals surface area (Å²) < 4.78 is 10.4. The van der Waals surface area contributed by atoms with E-state index in [1.54, 1.807) is 14.2 Å². The van der Waals surface area contributed by atoms with Gasteiger partial charge in [0.05, 0.1) is 19.8 Å². The zero-order valence-electron chi connectivity index (χ0n) is 12.6. The number of methoxy groups -OCH3 is 2. The highest BCUT2D eigenvalue weighted by Gasteiger charge is 2.31. The van der Waals surface area contributed by atoms with Crippen LogP contribution in [0.4, 0.5) is 0 Å². The van der Waals surface area contributed by atoms with Gasteiger partial charge in [-0.1, -0.05) is 13.0 Å². The number of hydrogen-bond acceptors (Lipinski definition) is 4. The van der Waals surface area contributed by atoms with Gasteiger partial charge < -0.3 is 14.6 Å². The lowest BCUT2D eigenvalue weighted by molar-refractivity contribution is 0.0253. The van der Waals surface area contributed by atoms with E-state index in [4.69, 9.17) is 9.47 Å². The molecule has 20 heavy (non-hydrogen) atoms. The molecule has 0 spiro atoms. The molecule has 0 heterocycles. The fourth-order valence-corrected chi connectivity index (χ4v) is 3.03. The van der Waals surface area contributed by atoms with Crippen LogP contribution < -0.4 is 4.74 Å². The molecule has 4 nitrogen and oxygen atoms in total. The molecule has 0 amide bonds. The number of likely N-dealkylation sites (N-methyl/N-ethyl adjacent to an activating group) is 1. The lowest BCUT2D eigenvalue weighted by Crippen LogP contribution is -2.43. The van der Waals surface area contributed by atoms with E-state index < -0.39 is 6.10 Å². The quantitative estimate of drug-likeness (QED) is 0.865. The van der Waals surface area contributed by atoms with E-state index in [-0.39, 0.29) is 6.04 Å². The summed E-state index contributed by atoms with van der Waals surface area (Å²) >= 11 is 0. The van der Waals surface area contributed by atoms with Crippen LogP contribution in [0.5, 0.6) is 5.75 Å². The number of nitrogens with zero attached hydrogens (tertiary/aromatic N) is 1. The van der Waals surface area contributed by atoms with Gasteiger partial charge in [0.2, 0.25) is 0 Å². The molecule has 2 rings (SSSR count). The third-order valence-electron chi connectivity index (χ3n) is 4.20. The third-order valence-corrected chi connectivity index (χ3v) is 4.20. The van der Waals surface area contributed by atoms with E-state index >= 15 is 0 Å². The van der Waals surface area contributed by atoms with Crippen LogP contribution in [-0.4, -0.2) is 50.0 Å². The topological polar surface area (TPSA) is 41.9 Å². The summed E-state index contributed by atoms with van der Waals surface area (Å²) in [5, 5.41) is 10.7. The van der Waals surface area contributed by atoms with Gasteiger partial charge in [0.25, 0.3) is 0 Å². The summed E-state index contributed by atoms with van der Waals surface area (Å²) in [4.78, 5) is 2.31. The lowest BCUT2D eigenvalue weighted by atomic mass is 9.85. The highest BCUT2D eigenvalue weighted by molar-refractivity contribution is 5.39. The van der Waals surface area contributed by atoms with Crippen LogP contribution in [0.2, 0.25) is 0 Å². The smallest absolute Gasteiger partial charge is 0.119 e. The summed E-state index contributed by atoms with van der Waals surface area (Å²) in [5.41, 5.74) is 2.24. The number of benzene rings is 1. The molecule has 1 aliphatic rings. The molecule has 0 radical (unpaired) electrons. The van der Waals surface area contributed by atoms with Gasteiger partial charge in [-0.2, -0.15) is 0 Å². The van der Waals surface area contributed by atoms with E-state index in [1.807, 2.05) is 18.2 Å². The molecule has 0 saturated heterocycles. The van der Waals surface area contributed by atoms with E-state index in [0.29, 0.717) is 6.61 Å². The van der Waals surface area contributed by atoms with Crippen LogP contribution >= 0.6 is 0 Å². The highest BCUT2D eigenvalue weighted by Crippen LogP contribution is 2.34. The molecule has 0 fully saturated rings. The maximum Gasteiger partial charge on any atom is 0.119 e. The van der Waals surface area contributed by atoms with Crippen LogP contribution in [0.3, 0.4) is 0 Å². The van der Waals surface area contributed by atoms with Gasteiger partial charge in [-0.15, -0.1) is 0 Å². The number of ether oxygens (including phenoxy) is 2. The molecule has 112 valence electrons.